The summed E-state index contributed by atoms with van der Waals surface area (Å²) in [5.74, 6) is -1.03. The van der Waals surface area contributed by atoms with Crippen LogP contribution in [0.25, 0.3) is 0 Å². The zero-order valence-electron chi connectivity index (χ0n) is 6.60. The van der Waals surface area contributed by atoms with Crippen LogP contribution in [0.5, 0.6) is 0 Å². The first-order valence-corrected chi connectivity index (χ1v) is 3.65. The number of aliphatic hydroxyl groups excluding tert-OH is 1. The Kier molecular flexibility index (Phi) is 1.73. The van der Waals surface area contributed by atoms with Crippen LogP contribution in [-0.4, -0.2) is 42.6 Å². The minimum absolute atomic E-state index is 0.0681. The predicted octanol–water partition coefficient (Wildman–Crippen LogP) is 0.515. The molecule has 0 saturated heterocycles. The number of hydrogen-bond acceptors (Lipinski definition) is 1. The Bertz CT molecular complexity index is 132. The first kappa shape index (κ1) is 7.95. The summed E-state index contributed by atoms with van der Waals surface area (Å²) >= 11 is 0. The molecule has 0 aromatic rings. The Morgan fingerprint density at radius 1 is 1.50 bits per heavy atom. The van der Waals surface area contributed by atoms with E-state index in [1.54, 1.807) is 0 Å². The number of nitrogens with zero attached hydrogens (tertiary/aromatic N) is 1. The third-order valence-corrected chi connectivity index (χ3v) is 2.41. The summed E-state index contributed by atoms with van der Waals surface area (Å²) in [5.41, 5.74) is 0. The van der Waals surface area contributed by atoms with Crippen molar-refractivity contribution < 1.29 is 14.0 Å². The van der Waals surface area contributed by atoms with Crippen molar-refractivity contribution in [1.82, 2.24) is 0 Å². The summed E-state index contributed by atoms with van der Waals surface area (Å²) in [6, 6.07) is 0. The maximum Gasteiger partial charge on any atom is 0.242 e. The largest absolute Gasteiger partial charge is 0.391 e. The zero-order chi connectivity index (χ0) is 7.83. The first-order valence-electron chi connectivity index (χ1n) is 3.65. The Morgan fingerprint density at radius 2 is 2.00 bits per heavy atom. The lowest BCUT2D eigenvalue weighted by molar-refractivity contribution is -0.942. The molecule has 0 heterocycles. The van der Waals surface area contributed by atoms with Crippen LogP contribution in [0.2, 0.25) is 0 Å². The van der Waals surface area contributed by atoms with Crippen LogP contribution in [0.4, 0.5) is 4.39 Å². The maximum atomic E-state index is 13.3. The number of likely N-dealkylation sites (N-methyl/N-ethyl adjacent to an activating group) is 1. The molecule has 1 N–H and O–H groups in total. The molecule has 0 spiro atoms. The van der Waals surface area contributed by atoms with Gasteiger partial charge in [-0.2, -0.15) is 4.39 Å². The minimum atomic E-state index is -1.03. The smallest absolute Gasteiger partial charge is 0.242 e. The number of quaternary nitrogens is 1. The van der Waals surface area contributed by atoms with E-state index in [-0.39, 0.29) is 6.61 Å². The van der Waals surface area contributed by atoms with Gasteiger partial charge < -0.3 is 5.11 Å². The summed E-state index contributed by atoms with van der Waals surface area (Å²) in [4.78, 5) is 0. The van der Waals surface area contributed by atoms with Crippen molar-refractivity contribution in [3.05, 3.63) is 0 Å². The normalized spacial score (nSPS) is 22.8. The lowest BCUT2D eigenvalue weighted by Crippen LogP contribution is -2.50. The van der Waals surface area contributed by atoms with Crippen molar-refractivity contribution in [3.63, 3.8) is 0 Å². The Hall–Kier alpha value is -0.150. The molecule has 0 atom stereocenters. The fourth-order valence-corrected chi connectivity index (χ4v) is 1.16. The van der Waals surface area contributed by atoms with E-state index >= 15 is 0 Å². The first-order chi connectivity index (χ1) is 4.52. The summed E-state index contributed by atoms with van der Waals surface area (Å²) in [7, 11) is 3.65. The van der Waals surface area contributed by atoms with Gasteiger partial charge in [0.15, 0.2) is 0 Å². The summed E-state index contributed by atoms with van der Waals surface area (Å²) in [6.07, 6.45) is 1.31. The standard InChI is InChI=1S/C7H15FNO/c1-9(2,5-6-10)7(8)3-4-7/h10H,3-6H2,1-2H3/q+1. The highest BCUT2D eigenvalue weighted by Gasteiger charge is 2.57. The van der Waals surface area contributed by atoms with Gasteiger partial charge in [-0.05, 0) is 0 Å². The average molecular weight is 148 g/mol. The molecule has 0 bridgehead atoms. The SMILES string of the molecule is C[N+](C)(CCO)C1(F)CC1. The third kappa shape index (κ3) is 1.16. The summed E-state index contributed by atoms with van der Waals surface area (Å²) in [5, 5.41) is 8.61. The molecule has 10 heavy (non-hydrogen) atoms. The molecule has 1 saturated carbocycles. The van der Waals surface area contributed by atoms with Crippen molar-refractivity contribution in [2.75, 3.05) is 27.2 Å². The van der Waals surface area contributed by atoms with E-state index in [9.17, 15) is 4.39 Å². The second kappa shape index (κ2) is 2.17. The molecule has 0 aliphatic heterocycles. The summed E-state index contributed by atoms with van der Waals surface area (Å²) in [6.45, 7) is 0.579. The molecule has 0 amide bonds. The van der Waals surface area contributed by atoms with Crippen molar-refractivity contribution in [1.29, 1.82) is 0 Å². The van der Waals surface area contributed by atoms with Crippen LogP contribution in [0.3, 0.4) is 0 Å². The highest BCUT2D eigenvalue weighted by molar-refractivity contribution is 4.84. The highest BCUT2D eigenvalue weighted by Crippen LogP contribution is 2.45. The van der Waals surface area contributed by atoms with E-state index in [0.717, 1.165) is 0 Å². The van der Waals surface area contributed by atoms with Crippen LogP contribution in [0.15, 0.2) is 0 Å². The highest BCUT2D eigenvalue weighted by atomic mass is 19.1. The second-order valence-corrected chi connectivity index (χ2v) is 3.55. The second-order valence-electron chi connectivity index (χ2n) is 3.55. The summed E-state index contributed by atoms with van der Waals surface area (Å²) < 4.78 is 13.6. The lowest BCUT2D eigenvalue weighted by atomic mass is 10.4. The molecule has 0 radical (unpaired) electrons. The van der Waals surface area contributed by atoms with E-state index in [1.807, 2.05) is 14.1 Å². The van der Waals surface area contributed by atoms with Crippen LogP contribution in [-0.2, 0) is 0 Å². The van der Waals surface area contributed by atoms with Gasteiger partial charge in [-0.25, -0.2) is 0 Å². The Labute approximate surface area is 60.9 Å². The van der Waals surface area contributed by atoms with Gasteiger partial charge in [0.05, 0.1) is 20.7 Å². The van der Waals surface area contributed by atoms with Gasteiger partial charge in [-0.15, -0.1) is 0 Å². The number of rotatable bonds is 3. The number of hydrogen-bond donors (Lipinski definition) is 1. The van der Waals surface area contributed by atoms with Gasteiger partial charge in [0.1, 0.15) is 6.54 Å². The average Bonchev–Trinajstić information content (AvgIpc) is 2.49. The van der Waals surface area contributed by atoms with Crippen molar-refractivity contribution in [3.8, 4) is 0 Å². The molecule has 2 nitrogen and oxygen atoms in total. The Morgan fingerprint density at radius 3 is 2.30 bits per heavy atom. The molecule has 0 aromatic heterocycles. The van der Waals surface area contributed by atoms with Gasteiger partial charge >= 0.3 is 0 Å². The fraction of sp³-hybridized carbons (Fsp3) is 1.00. The molecule has 60 valence electrons. The van der Waals surface area contributed by atoms with E-state index in [1.165, 1.54) is 0 Å². The van der Waals surface area contributed by atoms with Gasteiger partial charge in [-0.1, -0.05) is 0 Å². The van der Waals surface area contributed by atoms with Crippen molar-refractivity contribution in [2.45, 2.75) is 18.6 Å². The minimum Gasteiger partial charge on any atom is -0.391 e. The molecular formula is C7H15FNO+. The van der Waals surface area contributed by atoms with E-state index in [4.69, 9.17) is 5.11 Å². The molecule has 0 unspecified atom stereocenters. The quantitative estimate of drug-likeness (QED) is 0.457. The van der Waals surface area contributed by atoms with Crippen LogP contribution in [0.1, 0.15) is 12.8 Å². The van der Waals surface area contributed by atoms with E-state index in [0.29, 0.717) is 23.9 Å². The monoisotopic (exact) mass is 148 g/mol. The van der Waals surface area contributed by atoms with Crippen LogP contribution < -0.4 is 0 Å². The lowest BCUT2D eigenvalue weighted by Gasteiger charge is -2.32. The van der Waals surface area contributed by atoms with E-state index < -0.39 is 5.79 Å². The number of aliphatic hydroxyl groups is 1. The van der Waals surface area contributed by atoms with Gasteiger partial charge in [0, 0.05) is 12.8 Å². The predicted molar refractivity (Wildman–Crippen MR) is 37.1 cm³/mol. The molecule has 3 heteroatoms. The van der Waals surface area contributed by atoms with Gasteiger partial charge in [-0.3, -0.25) is 4.48 Å². The molecular weight excluding hydrogens is 133 g/mol. The molecule has 1 fully saturated rings. The topological polar surface area (TPSA) is 20.2 Å². The van der Waals surface area contributed by atoms with Gasteiger partial charge in [0.2, 0.25) is 5.79 Å². The van der Waals surface area contributed by atoms with Crippen molar-refractivity contribution in [2.24, 2.45) is 0 Å². The van der Waals surface area contributed by atoms with E-state index in [2.05, 4.69) is 0 Å². The van der Waals surface area contributed by atoms with Crippen molar-refractivity contribution >= 4 is 0 Å². The Balaban J connectivity index is 2.50. The van der Waals surface area contributed by atoms with Crippen LogP contribution >= 0.6 is 0 Å². The number of halogens is 1. The fourth-order valence-electron chi connectivity index (χ4n) is 1.16. The molecule has 1 aliphatic carbocycles. The van der Waals surface area contributed by atoms with Crippen LogP contribution in [0, 0.1) is 0 Å². The third-order valence-electron chi connectivity index (χ3n) is 2.41. The maximum absolute atomic E-state index is 13.3. The van der Waals surface area contributed by atoms with Gasteiger partial charge in [0.25, 0.3) is 0 Å². The molecule has 1 aliphatic rings. The number of alkyl halides is 1. The zero-order valence-corrected chi connectivity index (χ0v) is 6.60. The molecule has 1 rings (SSSR count). The molecule has 0 aromatic carbocycles.